The molecule has 0 radical (unpaired) electrons. The number of hydrogen-bond donors (Lipinski definition) is 0. The average Bonchev–Trinajstić information content (AvgIpc) is 3.73. The summed E-state index contributed by atoms with van der Waals surface area (Å²) in [6.07, 6.45) is 3.18. The third-order valence-corrected chi connectivity index (χ3v) is 11.7. The number of ether oxygens (including phenoxy) is 2. The molecule has 0 saturated heterocycles. The van der Waals surface area contributed by atoms with Crippen LogP contribution in [0.4, 0.5) is 4.39 Å². The van der Waals surface area contributed by atoms with Crippen molar-refractivity contribution in [3.63, 3.8) is 0 Å². The van der Waals surface area contributed by atoms with Crippen LogP contribution in [0, 0.1) is 12.7 Å². The maximum absolute atomic E-state index is 14.4. The summed E-state index contributed by atoms with van der Waals surface area (Å²) in [6.45, 7) is 3.92. The molecule has 2 aliphatic heterocycles. The van der Waals surface area contributed by atoms with Crippen molar-refractivity contribution in [2.75, 3.05) is 20.8 Å². The third kappa shape index (κ3) is 5.89. The molecule has 0 aliphatic carbocycles. The first-order valence-corrected chi connectivity index (χ1v) is 18.7. The molecule has 0 spiro atoms. The van der Waals surface area contributed by atoms with Crippen molar-refractivity contribution in [2.24, 2.45) is 14.1 Å². The maximum Gasteiger partial charge on any atom is 0.354 e. The molecule has 9 nitrogen and oxygen atoms in total. The van der Waals surface area contributed by atoms with Crippen LogP contribution in [0.5, 0.6) is 5.75 Å². The number of aryl methyl sites for hydroxylation is 5. The molecule has 2 aliphatic rings. The van der Waals surface area contributed by atoms with Gasteiger partial charge in [-0.25, -0.2) is 9.18 Å². The Labute approximate surface area is 305 Å². The van der Waals surface area contributed by atoms with Crippen LogP contribution in [0.2, 0.25) is 5.02 Å². The van der Waals surface area contributed by atoms with Gasteiger partial charge in [-0.15, -0.1) is 11.8 Å². The Balaban J connectivity index is 1.31. The van der Waals surface area contributed by atoms with Gasteiger partial charge in [-0.1, -0.05) is 17.7 Å². The van der Waals surface area contributed by atoms with Crippen LogP contribution >= 0.6 is 23.4 Å². The second-order valence-electron chi connectivity index (χ2n) is 13.6. The predicted octanol–water partition coefficient (Wildman–Crippen LogP) is 8.40. The van der Waals surface area contributed by atoms with Gasteiger partial charge in [0.15, 0.2) is 0 Å². The molecule has 6 aromatic rings. The van der Waals surface area contributed by atoms with Crippen molar-refractivity contribution in [1.82, 2.24) is 29.0 Å². The predicted molar refractivity (Wildman–Crippen MR) is 199 cm³/mol. The summed E-state index contributed by atoms with van der Waals surface area (Å²) in [4.78, 5) is 16.8. The summed E-state index contributed by atoms with van der Waals surface area (Å²) in [5, 5.41) is 13.2. The largest absolute Gasteiger partial charge is 0.493 e. The molecule has 1 atom stereocenters. The fraction of sp³-hybridized carbons (Fsp3) is 0.359. The molecule has 0 amide bonds. The minimum absolute atomic E-state index is 0.0728. The Morgan fingerprint density at radius 3 is 2.69 bits per heavy atom. The molecule has 0 N–H and O–H groups in total. The van der Waals surface area contributed by atoms with Crippen LogP contribution in [0.3, 0.4) is 0 Å². The van der Waals surface area contributed by atoms with Crippen molar-refractivity contribution in [1.29, 1.82) is 0 Å². The number of hydrogen-bond acceptors (Lipinski definition) is 7. The molecule has 12 heteroatoms. The highest BCUT2D eigenvalue weighted by Gasteiger charge is 2.34. The van der Waals surface area contributed by atoms with E-state index >= 15 is 0 Å². The Bertz CT molecular complexity index is 2350. The molecule has 3 aromatic heterocycles. The van der Waals surface area contributed by atoms with E-state index in [2.05, 4.69) is 22.7 Å². The average molecular weight is 727 g/mol. The van der Waals surface area contributed by atoms with Gasteiger partial charge in [-0.3, -0.25) is 14.3 Å². The van der Waals surface area contributed by atoms with E-state index in [0.29, 0.717) is 48.2 Å². The van der Waals surface area contributed by atoms with Gasteiger partial charge in [0.1, 0.15) is 17.3 Å². The quantitative estimate of drug-likeness (QED) is 0.158. The molecule has 8 rings (SSSR count). The highest BCUT2D eigenvalue weighted by atomic mass is 35.5. The number of methoxy groups -OCH3 is 1. The number of carbonyl (C=O) groups excluding carboxylic acids is 1. The van der Waals surface area contributed by atoms with Crippen LogP contribution in [0.25, 0.3) is 32.8 Å². The summed E-state index contributed by atoms with van der Waals surface area (Å²) < 4.78 is 32.2. The highest BCUT2D eigenvalue weighted by molar-refractivity contribution is 7.98. The number of aromatic nitrogens is 5. The first kappa shape index (κ1) is 33.8. The lowest BCUT2D eigenvalue weighted by Crippen LogP contribution is -2.30. The monoisotopic (exact) mass is 726 g/mol. The summed E-state index contributed by atoms with van der Waals surface area (Å²) in [5.41, 5.74) is 8.27. The van der Waals surface area contributed by atoms with E-state index in [-0.39, 0.29) is 11.9 Å². The van der Waals surface area contributed by atoms with Gasteiger partial charge in [0.2, 0.25) is 0 Å². The minimum atomic E-state index is -0.403. The second kappa shape index (κ2) is 13.3. The fourth-order valence-corrected chi connectivity index (χ4v) is 9.32. The Morgan fingerprint density at radius 1 is 1.04 bits per heavy atom. The van der Waals surface area contributed by atoms with E-state index in [1.54, 1.807) is 23.9 Å². The molecular formula is C39H40ClFN6O3S. The number of carbonyl (C=O) groups is 1. The molecule has 5 heterocycles. The number of fused-ring (bicyclic) bond motifs is 7. The summed E-state index contributed by atoms with van der Waals surface area (Å²) >= 11 is 8.84. The van der Waals surface area contributed by atoms with E-state index in [1.807, 2.05) is 54.5 Å². The van der Waals surface area contributed by atoms with Gasteiger partial charge < -0.3 is 14.0 Å². The van der Waals surface area contributed by atoms with Crippen molar-refractivity contribution >= 4 is 51.0 Å². The first-order chi connectivity index (χ1) is 24.6. The van der Waals surface area contributed by atoms with Gasteiger partial charge >= 0.3 is 5.97 Å². The van der Waals surface area contributed by atoms with Gasteiger partial charge in [-0.05, 0) is 93.1 Å². The molecule has 51 heavy (non-hydrogen) atoms. The lowest BCUT2D eigenvalue weighted by atomic mass is 9.92. The van der Waals surface area contributed by atoms with E-state index in [1.165, 1.54) is 13.2 Å². The van der Waals surface area contributed by atoms with Gasteiger partial charge in [0.25, 0.3) is 0 Å². The van der Waals surface area contributed by atoms with Crippen molar-refractivity contribution in [3.8, 4) is 16.9 Å². The Kier molecular flexibility index (Phi) is 8.84. The number of esters is 1. The first-order valence-electron chi connectivity index (χ1n) is 17.3. The third-order valence-electron chi connectivity index (χ3n) is 10.4. The Hall–Kier alpha value is -4.32. The second-order valence-corrected chi connectivity index (χ2v) is 15.1. The molecule has 8 bridgehead atoms. The topological polar surface area (TPSA) is 79.3 Å². The van der Waals surface area contributed by atoms with Crippen molar-refractivity contribution in [3.05, 3.63) is 93.4 Å². The zero-order valence-electron chi connectivity index (χ0n) is 29.4. The molecule has 0 saturated carbocycles. The summed E-state index contributed by atoms with van der Waals surface area (Å²) in [5.74, 6) is 0.703. The SMILES string of the molecule is COC(=O)c1c2c3ccc(Cl)c(c3n1C)-c1c(C)nn3c1[C@@H](CCC3)N(C)Cc1cc(n(C)n1)CSc1cc(c3ccc(F)cc3c1)OCCC2. The number of halogens is 2. The van der Waals surface area contributed by atoms with E-state index in [4.69, 9.17) is 31.3 Å². The van der Waals surface area contributed by atoms with E-state index < -0.39 is 5.97 Å². The van der Waals surface area contributed by atoms with Crippen LogP contribution in [0.1, 0.15) is 64.1 Å². The molecular weight excluding hydrogens is 687 g/mol. The molecule has 0 unspecified atom stereocenters. The van der Waals surface area contributed by atoms with Gasteiger partial charge in [0.05, 0.1) is 47.4 Å². The normalized spacial score (nSPS) is 17.0. The summed E-state index contributed by atoms with van der Waals surface area (Å²) in [7, 11) is 7.46. The van der Waals surface area contributed by atoms with E-state index in [9.17, 15) is 9.18 Å². The number of rotatable bonds is 1. The zero-order chi connectivity index (χ0) is 35.6. The smallest absolute Gasteiger partial charge is 0.354 e. The van der Waals surface area contributed by atoms with Crippen LogP contribution in [0.15, 0.2) is 53.4 Å². The number of benzene rings is 3. The van der Waals surface area contributed by atoms with Crippen molar-refractivity contribution < 1.29 is 18.7 Å². The fourth-order valence-electron chi connectivity index (χ4n) is 8.09. The van der Waals surface area contributed by atoms with Crippen LogP contribution in [-0.2, 0) is 44.1 Å². The maximum atomic E-state index is 14.4. The molecule has 264 valence electrons. The van der Waals surface area contributed by atoms with Gasteiger partial charge in [-0.2, -0.15) is 10.2 Å². The number of nitrogens with zero attached hydrogens (tertiary/aromatic N) is 6. The minimum Gasteiger partial charge on any atom is -0.493 e. The Morgan fingerprint density at radius 2 is 1.86 bits per heavy atom. The zero-order valence-corrected chi connectivity index (χ0v) is 31.0. The summed E-state index contributed by atoms with van der Waals surface area (Å²) in [6, 6.07) is 15.0. The van der Waals surface area contributed by atoms with Crippen molar-refractivity contribution in [2.45, 2.75) is 62.4 Å². The lowest BCUT2D eigenvalue weighted by Gasteiger charge is -2.32. The standard InChI is InChI=1S/C39H40ClFN6O3S/c1-22-34-35-31(40)13-12-30-29(37(39(48)49-5)45(3)36(30)35)8-7-15-50-33-19-27(17-23-16-24(41)10-11-28(23)33)51-21-26-18-25(43-46(26)4)20-44(2)32-9-6-14-47(42-22)38(32)34/h10-13,16-19,32H,6-9,14-15,20-21H2,1-5H3/t32-/m1/s1. The molecule has 3 aromatic carbocycles. The highest BCUT2D eigenvalue weighted by Crippen LogP contribution is 2.46. The van der Waals surface area contributed by atoms with Crippen LogP contribution < -0.4 is 4.74 Å². The van der Waals surface area contributed by atoms with Crippen LogP contribution in [-0.4, -0.2) is 55.8 Å². The van der Waals surface area contributed by atoms with E-state index in [0.717, 1.165) is 85.4 Å². The van der Waals surface area contributed by atoms with Gasteiger partial charge in [0, 0.05) is 65.4 Å². The lowest BCUT2D eigenvalue weighted by molar-refractivity contribution is 0.0589. The molecule has 0 fully saturated rings. The number of thioether (sulfide) groups is 1.